The quantitative estimate of drug-likeness (QED) is 0.337. The minimum Gasteiger partial charge on any atom is -0.450 e. The van der Waals surface area contributed by atoms with Crippen molar-refractivity contribution in [3.63, 3.8) is 0 Å². The molecule has 0 aliphatic rings. The Kier molecular flexibility index (Phi) is 10.2. The standard InChI is InChI=1S/2C9H13N3.CH2O3/c2*1-6-3-4-8(7(2)5-6)12-9(10)11;2-1(3)4/h2*3-5H,1-2H3,(H4,10,11,12);(H2,2,3,4). The van der Waals surface area contributed by atoms with E-state index in [1.54, 1.807) is 0 Å². The molecule has 0 aliphatic heterocycles. The number of nitrogens with zero attached hydrogens (tertiary/aromatic N) is 2. The molecule has 152 valence electrons. The molecule has 0 radical (unpaired) electrons. The molecule has 2 aromatic carbocycles. The topological polar surface area (TPSA) is 186 Å². The molecule has 0 spiro atoms. The van der Waals surface area contributed by atoms with Crippen molar-refractivity contribution in [3.05, 3.63) is 58.7 Å². The molecule has 0 amide bonds. The Balaban J connectivity index is 0.000000439. The van der Waals surface area contributed by atoms with Crippen LogP contribution in [0.15, 0.2) is 46.4 Å². The number of hydrogen-bond acceptors (Lipinski definition) is 3. The number of carboxylic acid groups (broad SMARTS) is 2. The molecule has 0 heterocycles. The summed E-state index contributed by atoms with van der Waals surface area (Å²) in [6, 6.07) is 11.9. The highest BCUT2D eigenvalue weighted by Gasteiger charge is 1.96. The van der Waals surface area contributed by atoms with Gasteiger partial charge in [0.1, 0.15) is 0 Å². The summed E-state index contributed by atoms with van der Waals surface area (Å²) in [6.45, 7) is 8.03. The van der Waals surface area contributed by atoms with E-state index in [9.17, 15) is 0 Å². The van der Waals surface area contributed by atoms with Crippen molar-refractivity contribution < 1.29 is 15.0 Å². The van der Waals surface area contributed by atoms with Gasteiger partial charge in [0.15, 0.2) is 11.9 Å². The third-order valence-corrected chi connectivity index (χ3v) is 3.20. The summed E-state index contributed by atoms with van der Waals surface area (Å²) >= 11 is 0. The van der Waals surface area contributed by atoms with Crippen LogP contribution in [0.1, 0.15) is 22.3 Å². The number of nitrogens with two attached hydrogens (primary N) is 4. The van der Waals surface area contributed by atoms with Gasteiger partial charge in [-0.3, -0.25) is 0 Å². The predicted molar refractivity (Wildman–Crippen MR) is 113 cm³/mol. The van der Waals surface area contributed by atoms with E-state index in [1.807, 2.05) is 64.1 Å². The average Bonchev–Trinajstić information content (AvgIpc) is 2.52. The third kappa shape index (κ3) is 11.0. The monoisotopic (exact) mass is 388 g/mol. The summed E-state index contributed by atoms with van der Waals surface area (Å²) in [4.78, 5) is 16.5. The molecule has 9 nitrogen and oxygen atoms in total. The number of aryl methyl sites for hydroxylation is 4. The van der Waals surface area contributed by atoms with E-state index in [0.29, 0.717) is 0 Å². The predicted octanol–water partition coefficient (Wildman–Crippen LogP) is 2.64. The first-order chi connectivity index (χ1) is 12.9. The number of rotatable bonds is 2. The van der Waals surface area contributed by atoms with Crippen LogP contribution in [0, 0.1) is 27.7 Å². The van der Waals surface area contributed by atoms with E-state index < -0.39 is 6.16 Å². The maximum absolute atomic E-state index is 8.56. The van der Waals surface area contributed by atoms with Crippen molar-refractivity contribution in [1.29, 1.82) is 0 Å². The molecule has 2 rings (SSSR count). The molecule has 0 atom stereocenters. The van der Waals surface area contributed by atoms with Crippen LogP contribution in [-0.2, 0) is 0 Å². The van der Waals surface area contributed by atoms with Crippen LogP contribution in [0.25, 0.3) is 0 Å². The van der Waals surface area contributed by atoms with Gasteiger partial charge in [0, 0.05) is 0 Å². The second-order valence-electron chi connectivity index (χ2n) is 5.94. The molecule has 0 aromatic heterocycles. The summed E-state index contributed by atoms with van der Waals surface area (Å²) in [5, 5.41) is 13.9. The maximum Gasteiger partial charge on any atom is 0.503 e. The van der Waals surface area contributed by atoms with Gasteiger partial charge in [-0.15, -0.1) is 0 Å². The summed E-state index contributed by atoms with van der Waals surface area (Å²) in [5.41, 5.74) is 27.3. The minimum absolute atomic E-state index is 0.0990. The summed E-state index contributed by atoms with van der Waals surface area (Å²) in [6.07, 6.45) is -1.83. The summed E-state index contributed by atoms with van der Waals surface area (Å²) in [5.74, 6) is 0.198. The van der Waals surface area contributed by atoms with E-state index in [4.69, 9.17) is 37.9 Å². The second-order valence-corrected chi connectivity index (χ2v) is 5.94. The SMILES string of the molecule is Cc1ccc(N=C(N)N)c(C)c1.Cc1ccc(N=C(N)N)c(C)c1.O=C(O)O. The fourth-order valence-corrected chi connectivity index (χ4v) is 2.14. The fraction of sp³-hybridized carbons (Fsp3) is 0.211. The summed E-state index contributed by atoms with van der Waals surface area (Å²) < 4.78 is 0. The fourth-order valence-electron chi connectivity index (χ4n) is 2.14. The Bertz CT molecular complexity index is 785. The van der Waals surface area contributed by atoms with Crippen LogP contribution < -0.4 is 22.9 Å². The zero-order valence-electron chi connectivity index (χ0n) is 16.5. The van der Waals surface area contributed by atoms with E-state index in [1.165, 1.54) is 11.1 Å². The number of hydrogen-bond donors (Lipinski definition) is 6. The molecule has 0 unspecified atom stereocenters. The van der Waals surface area contributed by atoms with Crippen LogP contribution in [0.5, 0.6) is 0 Å². The van der Waals surface area contributed by atoms with Crippen LogP contribution in [0.2, 0.25) is 0 Å². The van der Waals surface area contributed by atoms with Crippen LogP contribution >= 0.6 is 0 Å². The molecule has 0 fully saturated rings. The van der Waals surface area contributed by atoms with Crippen molar-refractivity contribution in [1.82, 2.24) is 0 Å². The van der Waals surface area contributed by atoms with Gasteiger partial charge in [0.2, 0.25) is 0 Å². The minimum atomic E-state index is -1.83. The molecule has 0 saturated carbocycles. The molecular formula is C19H28N6O3. The van der Waals surface area contributed by atoms with Crippen molar-refractivity contribution in [2.75, 3.05) is 0 Å². The van der Waals surface area contributed by atoms with Crippen molar-refractivity contribution >= 4 is 29.4 Å². The van der Waals surface area contributed by atoms with Gasteiger partial charge in [-0.05, 0) is 51.0 Å². The first-order valence-electron chi connectivity index (χ1n) is 8.18. The summed E-state index contributed by atoms with van der Waals surface area (Å²) in [7, 11) is 0. The Morgan fingerprint density at radius 3 is 1.21 bits per heavy atom. The largest absolute Gasteiger partial charge is 0.503 e. The molecule has 10 N–H and O–H groups in total. The van der Waals surface area contributed by atoms with E-state index in [2.05, 4.69) is 9.98 Å². The maximum atomic E-state index is 8.56. The van der Waals surface area contributed by atoms with Gasteiger partial charge >= 0.3 is 6.16 Å². The lowest BCUT2D eigenvalue weighted by molar-refractivity contribution is 0.137. The highest BCUT2D eigenvalue weighted by atomic mass is 16.6. The van der Waals surface area contributed by atoms with Gasteiger partial charge in [-0.1, -0.05) is 35.4 Å². The zero-order valence-corrected chi connectivity index (χ0v) is 16.5. The molecule has 2 aromatic rings. The van der Waals surface area contributed by atoms with Crippen molar-refractivity contribution in [3.8, 4) is 0 Å². The second kappa shape index (κ2) is 11.8. The molecular weight excluding hydrogens is 360 g/mol. The lowest BCUT2D eigenvalue weighted by Crippen LogP contribution is -2.22. The highest BCUT2D eigenvalue weighted by Crippen LogP contribution is 2.19. The zero-order chi connectivity index (χ0) is 21.9. The van der Waals surface area contributed by atoms with Crippen LogP contribution in [0.4, 0.5) is 16.2 Å². The Morgan fingerprint density at radius 2 is 1.00 bits per heavy atom. The molecule has 0 bridgehead atoms. The normalized spacial score (nSPS) is 9.00. The van der Waals surface area contributed by atoms with Crippen LogP contribution in [0.3, 0.4) is 0 Å². The lowest BCUT2D eigenvalue weighted by Gasteiger charge is -2.01. The Morgan fingerprint density at radius 1 is 0.714 bits per heavy atom. The third-order valence-electron chi connectivity index (χ3n) is 3.20. The molecule has 9 heteroatoms. The lowest BCUT2D eigenvalue weighted by atomic mass is 10.1. The van der Waals surface area contributed by atoms with Crippen LogP contribution in [-0.4, -0.2) is 28.3 Å². The smallest absolute Gasteiger partial charge is 0.450 e. The molecule has 0 aliphatic carbocycles. The van der Waals surface area contributed by atoms with Crippen molar-refractivity contribution in [2.24, 2.45) is 32.9 Å². The Hall–Kier alpha value is -3.75. The van der Waals surface area contributed by atoms with Gasteiger partial charge in [0.25, 0.3) is 0 Å². The average molecular weight is 388 g/mol. The van der Waals surface area contributed by atoms with Gasteiger partial charge in [-0.25, -0.2) is 14.8 Å². The van der Waals surface area contributed by atoms with Gasteiger partial charge < -0.3 is 33.1 Å². The Labute approximate surface area is 164 Å². The van der Waals surface area contributed by atoms with Crippen molar-refractivity contribution in [2.45, 2.75) is 27.7 Å². The highest BCUT2D eigenvalue weighted by molar-refractivity contribution is 5.80. The number of benzene rings is 2. The van der Waals surface area contributed by atoms with E-state index >= 15 is 0 Å². The van der Waals surface area contributed by atoms with E-state index in [-0.39, 0.29) is 11.9 Å². The first-order valence-corrected chi connectivity index (χ1v) is 8.18. The molecule has 0 saturated heterocycles. The first kappa shape index (κ1) is 24.2. The molecule has 28 heavy (non-hydrogen) atoms. The van der Waals surface area contributed by atoms with Gasteiger partial charge in [-0.2, -0.15) is 0 Å². The number of carbonyl (C=O) groups is 1. The van der Waals surface area contributed by atoms with E-state index in [0.717, 1.165) is 22.5 Å². The number of aliphatic imine (C=N–C) groups is 2. The van der Waals surface area contributed by atoms with Gasteiger partial charge in [0.05, 0.1) is 11.4 Å². The number of guanidine groups is 2.